The molecule has 6 heteroatoms. The number of halogens is 1. The SMILES string of the molecule is CC(C)(CCNC(=O)c1cc2cc(F)ccc2s1)C(=O)O. The molecule has 0 unspecified atom stereocenters. The van der Waals surface area contributed by atoms with Gasteiger partial charge in [0.2, 0.25) is 0 Å². The van der Waals surface area contributed by atoms with E-state index < -0.39 is 11.4 Å². The van der Waals surface area contributed by atoms with Crippen molar-refractivity contribution in [2.45, 2.75) is 20.3 Å². The maximum Gasteiger partial charge on any atom is 0.309 e. The Kier molecular flexibility index (Phi) is 4.27. The molecule has 0 aliphatic rings. The first kappa shape index (κ1) is 15.4. The van der Waals surface area contributed by atoms with Crippen LogP contribution < -0.4 is 5.32 Å². The van der Waals surface area contributed by atoms with Crippen LogP contribution in [0, 0.1) is 11.2 Å². The van der Waals surface area contributed by atoms with E-state index in [4.69, 9.17) is 5.11 Å². The first-order chi connectivity index (χ1) is 9.79. The predicted octanol–water partition coefficient (Wildman–Crippen LogP) is 3.27. The van der Waals surface area contributed by atoms with Gasteiger partial charge in [-0.3, -0.25) is 9.59 Å². The number of rotatable bonds is 5. The molecule has 1 aromatic carbocycles. The second-order valence-corrected chi connectivity index (χ2v) is 6.57. The molecule has 0 radical (unpaired) electrons. The van der Waals surface area contributed by atoms with Crippen molar-refractivity contribution in [1.82, 2.24) is 5.32 Å². The van der Waals surface area contributed by atoms with E-state index in [0.29, 0.717) is 16.7 Å². The lowest BCUT2D eigenvalue weighted by Crippen LogP contribution is -2.31. The van der Waals surface area contributed by atoms with Crippen LogP contribution in [-0.4, -0.2) is 23.5 Å². The normalized spacial score (nSPS) is 11.6. The van der Waals surface area contributed by atoms with E-state index >= 15 is 0 Å². The Morgan fingerprint density at radius 3 is 2.71 bits per heavy atom. The van der Waals surface area contributed by atoms with E-state index in [1.807, 2.05) is 0 Å². The van der Waals surface area contributed by atoms with Crippen molar-refractivity contribution < 1.29 is 19.1 Å². The first-order valence-electron chi connectivity index (χ1n) is 6.50. The zero-order valence-corrected chi connectivity index (χ0v) is 12.6. The van der Waals surface area contributed by atoms with Gasteiger partial charge in [-0.25, -0.2) is 4.39 Å². The largest absolute Gasteiger partial charge is 0.481 e. The lowest BCUT2D eigenvalue weighted by atomic mass is 9.90. The Hall–Kier alpha value is -1.95. The van der Waals surface area contributed by atoms with Gasteiger partial charge >= 0.3 is 5.97 Å². The Balaban J connectivity index is 2.01. The third kappa shape index (κ3) is 3.58. The lowest BCUT2D eigenvalue weighted by molar-refractivity contribution is -0.147. The molecule has 0 fully saturated rings. The summed E-state index contributed by atoms with van der Waals surface area (Å²) >= 11 is 1.28. The molecule has 0 saturated carbocycles. The number of hydrogen-bond donors (Lipinski definition) is 2. The summed E-state index contributed by atoms with van der Waals surface area (Å²) in [4.78, 5) is 23.5. The van der Waals surface area contributed by atoms with Gasteiger partial charge in [-0.15, -0.1) is 11.3 Å². The van der Waals surface area contributed by atoms with E-state index in [0.717, 1.165) is 4.70 Å². The summed E-state index contributed by atoms with van der Waals surface area (Å²) in [6.07, 6.45) is 0.341. The Morgan fingerprint density at radius 1 is 1.33 bits per heavy atom. The molecule has 0 aliphatic carbocycles. The molecule has 21 heavy (non-hydrogen) atoms. The summed E-state index contributed by atoms with van der Waals surface area (Å²) in [6, 6.07) is 6.02. The highest BCUT2D eigenvalue weighted by Gasteiger charge is 2.26. The van der Waals surface area contributed by atoms with Gasteiger partial charge < -0.3 is 10.4 Å². The molecule has 0 atom stereocenters. The van der Waals surface area contributed by atoms with Crippen molar-refractivity contribution in [2.24, 2.45) is 5.41 Å². The number of amides is 1. The van der Waals surface area contributed by atoms with Crippen LogP contribution >= 0.6 is 11.3 Å². The lowest BCUT2D eigenvalue weighted by Gasteiger charge is -2.18. The molecule has 4 nitrogen and oxygen atoms in total. The molecular weight excluding hydrogens is 293 g/mol. The molecule has 0 saturated heterocycles. The second-order valence-electron chi connectivity index (χ2n) is 5.49. The quantitative estimate of drug-likeness (QED) is 0.891. The Morgan fingerprint density at radius 2 is 2.05 bits per heavy atom. The van der Waals surface area contributed by atoms with Crippen LogP contribution in [0.5, 0.6) is 0 Å². The van der Waals surface area contributed by atoms with Crippen LogP contribution in [0.3, 0.4) is 0 Å². The highest BCUT2D eigenvalue weighted by Crippen LogP contribution is 2.26. The van der Waals surface area contributed by atoms with E-state index in [2.05, 4.69) is 5.32 Å². The number of hydrogen-bond acceptors (Lipinski definition) is 3. The highest BCUT2D eigenvalue weighted by atomic mass is 32.1. The van der Waals surface area contributed by atoms with Gasteiger partial charge in [0.1, 0.15) is 5.82 Å². The fourth-order valence-corrected chi connectivity index (χ4v) is 2.77. The fraction of sp³-hybridized carbons (Fsp3) is 0.333. The van der Waals surface area contributed by atoms with E-state index in [-0.39, 0.29) is 18.3 Å². The van der Waals surface area contributed by atoms with Crippen molar-refractivity contribution in [3.8, 4) is 0 Å². The number of fused-ring (bicyclic) bond motifs is 1. The van der Waals surface area contributed by atoms with Crippen molar-refractivity contribution in [1.29, 1.82) is 0 Å². The third-order valence-corrected chi connectivity index (χ3v) is 4.43. The van der Waals surface area contributed by atoms with Crippen LogP contribution in [-0.2, 0) is 4.79 Å². The minimum absolute atomic E-state index is 0.266. The van der Waals surface area contributed by atoms with Gasteiger partial charge in [-0.1, -0.05) is 0 Å². The van der Waals surface area contributed by atoms with Gasteiger partial charge in [0.15, 0.2) is 0 Å². The summed E-state index contributed by atoms with van der Waals surface area (Å²) in [5.41, 5.74) is -0.878. The Labute approximate surface area is 125 Å². The second kappa shape index (κ2) is 5.81. The molecule has 0 bridgehead atoms. The molecule has 0 spiro atoms. The maximum atomic E-state index is 13.1. The molecule has 1 amide bonds. The molecule has 2 rings (SSSR count). The molecule has 0 aliphatic heterocycles. The smallest absolute Gasteiger partial charge is 0.309 e. The number of carbonyl (C=O) groups is 2. The van der Waals surface area contributed by atoms with Gasteiger partial charge in [0.25, 0.3) is 5.91 Å². The molecule has 1 aromatic heterocycles. The highest BCUT2D eigenvalue weighted by molar-refractivity contribution is 7.20. The fourth-order valence-electron chi connectivity index (χ4n) is 1.81. The predicted molar refractivity (Wildman–Crippen MR) is 80.2 cm³/mol. The number of carbonyl (C=O) groups excluding carboxylic acids is 1. The standard InChI is InChI=1S/C15H16FNO3S/c1-15(2,14(19)20)5-6-17-13(18)12-8-9-7-10(16)3-4-11(9)21-12/h3-4,7-8H,5-6H2,1-2H3,(H,17,18)(H,19,20). The van der Waals surface area contributed by atoms with Crippen molar-refractivity contribution in [2.75, 3.05) is 6.54 Å². The average Bonchev–Trinajstić information content (AvgIpc) is 2.81. The van der Waals surface area contributed by atoms with Gasteiger partial charge in [-0.05, 0) is 49.9 Å². The first-order valence-corrected chi connectivity index (χ1v) is 7.32. The van der Waals surface area contributed by atoms with Crippen molar-refractivity contribution in [3.63, 3.8) is 0 Å². The summed E-state index contributed by atoms with van der Waals surface area (Å²) in [7, 11) is 0. The van der Waals surface area contributed by atoms with Gasteiger partial charge in [0.05, 0.1) is 10.3 Å². The zero-order chi connectivity index (χ0) is 15.6. The minimum Gasteiger partial charge on any atom is -0.481 e. The molecule has 1 heterocycles. The third-order valence-electron chi connectivity index (χ3n) is 3.32. The molecule has 112 valence electrons. The summed E-state index contributed by atoms with van der Waals surface area (Å²) in [6.45, 7) is 3.51. The number of benzene rings is 1. The number of thiophene rings is 1. The number of nitrogens with one attached hydrogen (secondary N) is 1. The van der Waals surface area contributed by atoms with Gasteiger partial charge in [0, 0.05) is 11.2 Å². The summed E-state index contributed by atoms with van der Waals surface area (Å²) in [5.74, 6) is -1.50. The van der Waals surface area contributed by atoms with Crippen LogP contribution in [0.25, 0.3) is 10.1 Å². The Bertz CT molecular complexity index is 693. The van der Waals surface area contributed by atoms with Crippen LogP contribution in [0.15, 0.2) is 24.3 Å². The number of aliphatic carboxylic acids is 1. The van der Waals surface area contributed by atoms with E-state index in [1.165, 1.54) is 23.5 Å². The van der Waals surface area contributed by atoms with Crippen molar-refractivity contribution >= 4 is 33.3 Å². The average molecular weight is 309 g/mol. The van der Waals surface area contributed by atoms with Gasteiger partial charge in [-0.2, -0.15) is 0 Å². The molecule has 2 N–H and O–H groups in total. The van der Waals surface area contributed by atoms with E-state index in [9.17, 15) is 14.0 Å². The van der Waals surface area contributed by atoms with Crippen LogP contribution in [0.1, 0.15) is 29.9 Å². The molecule has 2 aromatic rings. The van der Waals surface area contributed by atoms with Crippen LogP contribution in [0.2, 0.25) is 0 Å². The van der Waals surface area contributed by atoms with Crippen molar-refractivity contribution in [3.05, 3.63) is 35.0 Å². The minimum atomic E-state index is -0.894. The number of carboxylic acid groups (broad SMARTS) is 1. The topological polar surface area (TPSA) is 66.4 Å². The zero-order valence-electron chi connectivity index (χ0n) is 11.8. The monoisotopic (exact) mass is 309 g/mol. The summed E-state index contributed by atoms with van der Waals surface area (Å²) < 4.78 is 13.9. The van der Waals surface area contributed by atoms with E-state index in [1.54, 1.807) is 26.0 Å². The maximum absolute atomic E-state index is 13.1. The number of carboxylic acids is 1. The van der Waals surface area contributed by atoms with Crippen LogP contribution in [0.4, 0.5) is 4.39 Å². The summed E-state index contributed by atoms with van der Waals surface area (Å²) in [5, 5.41) is 12.4. The molecular formula is C15H16FNO3S.